The van der Waals surface area contributed by atoms with Crippen LogP contribution in [0.3, 0.4) is 0 Å². The van der Waals surface area contributed by atoms with E-state index in [4.69, 9.17) is 0 Å². The monoisotopic (exact) mass is 334 g/mol. The van der Waals surface area contributed by atoms with E-state index in [0.717, 1.165) is 30.2 Å². The Kier molecular flexibility index (Phi) is 7.12. The van der Waals surface area contributed by atoms with E-state index in [0.29, 0.717) is 18.4 Å². The Hall–Kier alpha value is -0.600. The van der Waals surface area contributed by atoms with E-state index in [2.05, 4.69) is 53.7 Å². The highest BCUT2D eigenvalue weighted by Crippen LogP contribution is 2.34. The average molecular weight is 335 g/mol. The minimum absolute atomic E-state index is 0.310. The SMILES string of the molecule is CC1=C[C@H](C)[C@H](C[NH+](CCO)C[C@H]2[C@H](C)C=C(C)C[C@H]2C)[C@H](C)C1. The number of nitrogens with one attached hydrogen (secondary N) is 1. The molecule has 1 unspecified atom stereocenters. The van der Waals surface area contributed by atoms with E-state index in [1.165, 1.54) is 25.9 Å². The maximum absolute atomic E-state index is 9.60. The van der Waals surface area contributed by atoms with Gasteiger partial charge in [0.25, 0.3) is 0 Å². The molecule has 2 heteroatoms. The molecule has 24 heavy (non-hydrogen) atoms. The molecule has 0 aliphatic heterocycles. The second kappa shape index (κ2) is 8.67. The number of allylic oxidation sites excluding steroid dienone is 4. The highest BCUT2D eigenvalue weighted by molar-refractivity contribution is 5.09. The average Bonchev–Trinajstić information content (AvgIpc) is 2.46. The number of hydrogen-bond donors (Lipinski definition) is 2. The summed E-state index contributed by atoms with van der Waals surface area (Å²) in [6, 6.07) is 0. The molecule has 0 radical (unpaired) electrons. The molecule has 0 spiro atoms. The van der Waals surface area contributed by atoms with Crippen molar-refractivity contribution < 1.29 is 10.0 Å². The summed E-state index contributed by atoms with van der Waals surface area (Å²) in [7, 11) is 0. The van der Waals surface area contributed by atoms with E-state index in [-0.39, 0.29) is 0 Å². The molecular weight excluding hydrogens is 294 g/mol. The molecule has 0 aromatic carbocycles. The van der Waals surface area contributed by atoms with E-state index in [1.807, 2.05) is 0 Å². The van der Waals surface area contributed by atoms with Crippen molar-refractivity contribution in [2.24, 2.45) is 35.5 Å². The summed E-state index contributed by atoms with van der Waals surface area (Å²) >= 11 is 0. The summed E-state index contributed by atoms with van der Waals surface area (Å²) in [6.07, 6.45) is 7.47. The van der Waals surface area contributed by atoms with Gasteiger partial charge in [0, 0.05) is 11.8 Å². The molecule has 0 bridgehead atoms. The Morgan fingerprint density at radius 3 is 1.62 bits per heavy atom. The summed E-state index contributed by atoms with van der Waals surface area (Å²) in [6.45, 7) is 17.8. The van der Waals surface area contributed by atoms with Crippen molar-refractivity contribution in [3.8, 4) is 0 Å². The zero-order valence-electron chi connectivity index (χ0n) is 16.8. The Bertz CT molecular complexity index is 427. The Labute approximate surface area is 150 Å². The molecule has 2 aliphatic rings. The number of aliphatic hydroxyl groups excluding tert-OH is 1. The van der Waals surface area contributed by atoms with Crippen LogP contribution in [0, 0.1) is 35.5 Å². The van der Waals surface area contributed by atoms with Crippen LogP contribution in [0.2, 0.25) is 0 Å². The number of rotatable bonds is 6. The van der Waals surface area contributed by atoms with Gasteiger partial charge in [-0.15, -0.1) is 0 Å². The summed E-state index contributed by atoms with van der Waals surface area (Å²) in [5, 5.41) is 9.60. The van der Waals surface area contributed by atoms with Gasteiger partial charge in [0.05, 0.1) is 19.7 Å². The molecule has 2 N–H and O–H groups in total. The van der Waals surface area contributed by atoms with Crippen molar-refractivity contribution in [1.29, 1.82) is 0 Å². The van der Waals surface area contributed by atoms with Crippen molar-refractivity contribution in [3.05, 3.63) is 23.3 Å². The van der Waals surface area contributed by atoms with Gasteiger partial charge in [0.2, 0.25) is 0 Å². The lowest BCUT2D eigenvalue weighted by atomic mass is 9.73. The molecule has 0 saturated heterocycles. The third-order valence-corrected chi connectivity index (χ3v) is 6.71. The van der Waals surface area contributed by atoms with Gasteiger partial charge >= 0.3 is 0 Å². The smallest absolute Gasteiger partial charge is 0.101 e. The lowest BCUT2D eigenvalue weighted by molar-refractivity contribution is -0.909. The van der Waals surface area contributed by atoms with Crippen LogP contribution in [0.5, 0.6) is 0 Å². The van der Waals surface area contributed by atoms with Gasteiger partial charge in [0.15, 0.2) is 0 Å². The number of aliphatic hydroxyl groups is 1. The second-order valence-corrected chi connectivity index (χ2v) is 9.07. The first kappa shape index (κ1) is 19.7. The minimum atomic E-state index is 0.310. The fraction of sp³-hybridized carbons (Fsp3) is 0.818. The molecule has 0 heterocycles. The van der Waals surface area contributed by atoms with Crippen LogP contribution in [0.4, 0.5) is 0 Å². The summed E-state index contributed by atoms with van der Waals surface area (Å²) < 4.78 is 0. The van der Waals surface area contributed by atoms with E-state index >= 15 is 0 Å². The van der Waals surface area contributed by atoms with E-state index in [1.54, 1.807) is 16.0 Å². The summed E-state index contributed by atoms with van der Waals surface area (Å²) in [5.41, 5.74) is 3.12. The van der Waals surface area contributed by atoms with Gasteiger partial charge in [-0.05, 0) is 50.4 Å². The molecule has 0 fully saturated rings. The molecule has 2 aliphatic carbocycles. The van der Waals surface area contributed by atoms with Gasteiger partial charge < -0.3 is 10.0 Å². The molecule has 2 rings (SSSR count). The normalized spacial score (nSPS) is 38.5. The third-order valence-electron chi connectivity index (χ3n) is 6.71. The van der Waals surface area contributed by atoms with Crippen molar-refractivity contribution in [3.63, 3.8) is 0 Å². The van der Waals surface area contributed by atoms with Crippen LogP contribution in [0.25, 0.3) is 0 Å². The first-order valence-corrected chi connectivity index (χ1v) is 10.1. The predicted molar refractivity (Wildman–Crippen MR) is 103 cm³/mol. The zero-order chi connectivity index (χ0) is 17.9. The Morgan fingerprint density at radius 2 is 1.29 bits per heavy atom. The van der Waals surface area contributed by atoms with Crippen molar-refractivity contribution in [1.82, 2.24) is 0 Å². The van der Waals surface area contributed by atoms with Gasteiger partial charge in [-0.1, -0.05) is 51.0 Å². The molecule has 0 aromatic heterocycles. The van der Waals surface area contributed by atoms with Crippen molar-refractivity contribution in [2.45, 2.75) is 54.4 Å². The topological polar surface area (TPSA) is 24.7 Å². The Morgan fingerprint density at radius 1 is 0.875 bits per heavy atom. The lowest BCUT2D eigenvalue weighted by Crippen LogP contribution is -3.14. The summed E-state index contributed by atoms with van der Waals surface area (Å²) in [4.78, 5) is 1.62. The van der Waals surface area contributed by atoms with Crippen LogP contribution in [-0.4, -0.2) is 31.3 Å². The Balaban J connectivity index is 2.04. The summed E-state index contributed by atoms with van der Waals surface area (Å²) in [5.74, 6) is 4.38. The fourth-order valence-corrected chi connectivity index (χ4v) is 5.52. The van der Waals surface area contributed by atoms with Gasteiger partial charge in [0.1, 0.15) is 6.54 Å². The van der Waals surface area contributed by atoms with Gasteiger partial charge in [-0.2, -0.15) is 0 Å². The number of quaternary nitrogens is 1. The first-order valence-electron chi connectivity index (χ1n) is 10.1. The van der Waals surface area contributed by atoms with Crippen LogP contribution in [-0.2, 0) is 0 Å². The van der Waals surface area contributed by atoms with Crippen molar-refractivity contribution >= 4 is 0 Å². The predicted octanol–water partition coefficient (Wildman–Crippen LogP) is 3.34. The zero-order valence-corrected chi connectivity index (χ0v) is 16.8. The molecule has 7 atom stereocenters. The van der Waals surface area contributed by atoms with Gasteiger partial charge in [-0.25, -0.2) is 0 Å². The highest BCUT2D eigenvalue weighted by Gasteiger charge is 2.34. The third kappa shape index (κ3) is 4.95. The molecule has 2 nitrogen and oxygen atoms in total. The lowest BCUT2D eigenvalue weighted by Gasteiger charge is -2.39. The standard InChI is InChI=1S/C22H39NO/c1-15-9-17(3)21(18(4)10-15)13-23(7-8-24)14-22-19(5)11-16(2)12-20(22)6/h9,11,17-22,24H,7-8,10,12-14H2,1-6H3/p+1/t17-,18-,19+,20-,21+,22+/m1/s1. The highest BCUT2D eigenvalue weighted by atomic mass is 16.3. The van der Waals surface area contributed by atoms with Crippen LogP contribution < -0.4 is 4.90 Å². The van der Waals surface area contributed by atoms with Crippen LogP contribution in [0.15, 0.2) is 23.3 Å². The first-order chi connectivity index (χ1) is 11.3. The largest absolute Gasteiger partial charge is 0.391 e. The van der Waals surface area contributed by atoms with Gasteiger partial charge in [-0.3, -0.25) is 0 Å². The second-order valence-electron chi connectivity index (χ2n) is 9.07. The van der Waals surface area contributed by atoms with Crippen LogP contribution in [0.1, 0.15) is 54.4 Å². The molecular formula is C22H40NO+. The molecule has 0 aromatic rings. The maximum atomic E-state index is 9.60. The van der Waals surface area contributed by atoms with Crippen LogP contribution >= 0.6 is 0 Å². The van der Waals surface area contributed by atoms with E-state index < -0.39 is 0 Å². The van der Waals surface area contributed by atoms with Crippen molar-refractivity contribution in [2.75, 3.05) is 26.2 Å². The maximum Gasteiger partial charge on any atom is 0.101 e. The minimum Gasteiger partial charge on any atom is -0.391 e. The quantitative estimate of drug-likeness (QED) is 0.716. The molecule has 0 saturated carbocycles. The molecule has 138 valence electrons. The number of hydrogen-bond acceptors (Lipinski definition) is 1. The molecule has 0 amide bonds. The fourth-order valence-electron chi connectivity index (χ4n) is 5.52. The van der Waals surface area contributed by atoms with E-state index in [9.17, 15) is 5.11 Å².